The Kier molecular flexibility index (Phi) is 4.49. The van der Waals surface area contributed by atoms with Gasteiger partial charge in [0.1, 0.15) is 0 Å². The highest BCUT2D eigenvalue weighted by molar-refractivity contribution is 9.10. The number of halogens is 1. The first kappa shape index (κ1) is 14.6. The van der Waals surface area contributed by atoms with Crippen molar-refractivity contribution in [2.24, 2.45) is 5.92 Å². The summed E-state index contributed by atoms with van der Waals surface area (Å²) in [4.78, 5) is 0. The van der Waals surface area contributed by atoms with Crippen molar-refractivity contribution in [2.45, 2.75) is 50.2 Å². The number of rotatable bonds is 4. The summed E-state index contributed by atoms with van der Waals surface area (Å²) in [6, 6.07) is 9.25. The molecule has 1 spiro atoms. The number of benzene rings is 1. The maximum Gasteiger partial charge on any atom is 0.0685 e. The van der Waals surface area contributed by atoms with Crippen LogP contribution in [0.4, 0.5) is 0 Å². The van der Waals surface area contributed by atoms with E-state index >= 15 is 0 Å². The van der Waals surface area contributed by atoms with Gasteiger partial charge in [0, 0.05) is 17.1 Å². The largest absolute Gasteiger partial charge is 0.375 e. The summed E-state index contributed by atoms with van der Waals surface area (Å²) in [6.07, 6.45) is 7.45. The van der Waals surface area contributed by atoms with Crippen LogP contribution in [-0.2, 0) is 11.2 Å². The summed E-state index contributed by atoms with van der Waals surface area (Å²) in [6.45, 7) is 0.946. The molecule has 0 aromatic heterocycles. The van der Waals surface area contributed by atoms with E-state index in [2.05, 4.69) is 52.6 Å². The van der Waals surface area contributed by atoms with Gasteiger partial charge in [-0.2, -0.15) is 0 Å². The molecule has 2 unspecified atom stereocenters. The molecule has 1 saturated carbocycles. The predicted octanol–water partition coefficient (Wildman–Crippen LogP) is 3.93. The second kappa shape index (κ2) is 6.17. The van der Waals surface area contributed by atoms with Crippen molar-refractivity contribution in [1.29, 1.82) is 0 Å². The van der Waals surface area contributed by atoms with Crippen molar-refractivity contribution in [3.63, 3.8) is 0 Å². The zero-order valence-corrected chi connectivity index (χ0v) is 13.8. The van der Waals surface area contributed by atoms with Crippen molar-refractivity contribution in [2.75, 3.05) is 13.7 Å². The molecule has 0 radical (unpaired) electrons. The maximum atomic E-state index is 6.06. The van der Waals surface area contributed by atoms with Gasteiger partial charge in [0.25, 0.3) is 0 Å². The zero-order valence-electron chi connectivity index (χ0n) is 12.2. The SMILES string of the molecule is CNC(Cc1cccc(Br)c1)C1CCOC2(CCC2)C1. The molecular formula is C17H24BrNO. The molecule has 20 heavy (non-hydrogen) atoms. The Morgan fingerprint density at radius 3 is 2.95 bits per heavy atom. The Labute approximate surface area is 130 Å². The standard InChI is InChI=1S/C17H24BrNO/c1-19-16(11-13-4-2-5-15(18)10-13)14-6-9-20-17(12-14)7-3-8-17/h2,4-5,10,14,16,19H,3,6-9,11-12H2,1H3. The van der Waals surface area contributed by atoms with Crippen LogP contribution >= 0.6 is 15.9 Å². The fourth-order valence-electron chi connectivity index (χ4n) is 3.75. The first-order valence-electron chi connectivity index (χ1n) is 7.76. The molecule has 2 nitrogen and oxygen atoms in total. The third-order valence-electron chi connectivity index (χ3n) is 5.08. The molecule has 2 atom stereocenters. The summed E-state index contributed by atoms with van der Waals surface area (Å²) >= 11 is 3.57. The van der Waals surface area contributed by atoms with E-state index in [-0.39, 0.29) is 5.60 Å². The molecule has 1 aliphatic heterocycles. The molecule has 1 N–H and O–H groups in total. The zero-order chi connectivity index (χ0) is 14.0. The number of ether oxygens (including phenoxy) is 1. The van der Waals surface area contributed by atoms with Gasteiger partial charge in [0.05, 0.1) is 5.60 Å². The van der Waals surface area contributed by atoms with Crippen LogP contribution in [0.25, 0.3) is 0 Å². The fraction of sp³-hybridized carbons (Fsp3) is 0.647. The van der Waals surface area contributed by atoms with E-state index < -0.39 is 0 Å². The number of nitrogens with one attached hydrogen (secondary N) is 1. The minimum absolute atomic E-state index is 0.245. The Morgan fingerprint density at radius 1 is 1.45 bits per heavy atom. The van der Waals surface area contributed by atoms with E-state index in [9.17, 15) is 0 Å². The average Bonchev–Trinajstić information content (AvgIpc) is 2.43. The van der Waals surface area contributed by atoms with Crippen molar-refractivity contribution < 1.29 is 4.74 Å². The second-order valence-corrected chi connectivity index (χ2v) is 7.28. The summed E-state index contributed by atoms with van der Waals surface area (Å²) in [5, 5.41) is 3.55. The molecule has 3 heteroatoms. The predicted molar refractivity (Wildman–Crippen MR) is 86.0 cm³/mol. The highest BCUT2D eigenvalue weighted by Gasteiger charge is 2.43. The summed E-state index contributed by atoms with van der Waals surface area (Å²) in [5.74, 6) is 0.744. The second-order valence-electron chi connectivity index (χ2n) is 6.37. The smallest absolute Gasteiger partial charge is 0.0685 e. The third kappa shape index (κ3) is 3.10. The lowest BCUT2D eigenvalue weighted by atomic mass is 9.70. The van der Waals surface area contributed by atoms with E-state index in [4.69, 9.17) is 4.74 Å². The molecule has 1 saturated heterocycles. The van der Waals surface area contributed by atoms with Gasteiger partial charge in [-0.15, -0.1) is 0 Å². The summed E-state index contributed by atoms with van der Waals surface area (Å²) < 4.78 is 7.23. The minimum atomic E-state index is 0.245. The van der Waals surface area contributed by atoms with Crippen LogP contribution in [0.3, 0.4) is 0 Å². The topological polar surface area (TPSA) is 21.3 Å². The molecule has 0 bridgehead atoms. The van der Waals surface area contributed by atoms with E-state index in [1.807, 2.05) is 0 Å². The van der Waals surface area contributed by atoms with Crippen LogP contribution in [-0.4, -0.2) is 25.3 Å². The minimum Gasteiger partial charge on any atom is -0.375 e. The Bertz CT molecular complexity index is 458. The van der Waals surface area contributed by atoms with Crippen LogP contribution < -0.4 is 5.32 Å². The highest BCUT2D eigenvalue weighted by Crippen LogP contribution is 2.45. The molecule has 1 aromatic carbocycles. The lowest BCUT2D eigenvalue weighted by Gasteiger charge is -2.48. The van der Waals surface area contributed by atoms with Gasteiger partial charge >= 0.3 is 0 Å². The van der Waals surface area contributed by atoms with Crippen molar-refractivity contribution in [3.05, 3.63) is 34.3 Å². The van der Waals surface area contributed by atoms with Crippen LogP contribution in [0.2, 0.25) is 0 Å². The van der Waals surface area contributed by atoms with Gasteiger partial charge in [-0.1, -0.05) is 28.1 Å². The van der Waals surface area contributed by atoms with Crippen LogP contribution in [0.1, 0.15) is 37.7 Å². The monoisotopic (exact) mass is 337 g/mol. The van der Waals surface area contributed by atoms with E-state index in [0.717, 1.165) is 18.9 Å². The Hall–Kier alpha value is -0.380. The molecule has 1 aromatic rings. The van der Waals surface area contributed by atoms with Gasteiger partial charge in [0.2, 0.25) is 0 Å². The number of hydrogen-bond donors (Lipinski definition) is 1. The van der Waals surface area contributed by atoms with Crippen molar-refractivity contribution in [3.8, 4) is 0 Å². The van der Waals surface area contributed by atoms with Crippen LogP contribution in [0, 0.1) is 5.92 Å². The molecule has 1 aliphatic carbocycles. The average molecular weight is 338 g/mol. The lowest BCUT2D eigenvalue weighted by molar-refractivity contribution is -0.146. The fourth-order valence-corrected chi connectivity index (χ4v) is 4.20. The molecule has 2 fully saturated rings. The van der Waals surface area contributed by atoms with Crippen molar-refractivity contribution >= 4 is 15.9 Å². The van der Waals surface area contributed by atoms with Crippen LogP contribution in [0.5, 0.6) is 0 Å². The first-order chi connectivity index (χ1) is 9.71. The lowest BCUT2D eigenvalue weighted by Crippen LogP contribution is -2.50. The normalized spacial score (nSPS) is 26.2. The molecule has 0 amide bonds. The number of hydrogen-bond acceptors (Lipinski definition) is 2. The van der Waals surface area contributed by atoms with Gasteiger partial charge in [-0.3, -0.25) is 0 Å². The molecule has 110 valence electrons. The first-order valence-corrected chi connectivity index (χ1v) is 8.56. The molecular weight excluding hydrogens is 314 g/mol. The molecule has 2 aliphatic rings. The maximum absolute atomic E-state index is 6.06. The Balaban J connectivity index is 1.66. The van der Waals surface area contributed by atoms with E-state index in [1.165, 1.54) is 42.1 Å². The van der Waals surface area contributed by atoms with Crippen molar-refractivity contribution in [1.82, 2.24) is 5.32 Å². The van der Waals surface area contributed by atoms with Crippen LogP contribution in [0.15, 0.2) is 28.7 Å². The van der Waals surface area contributed by atoms with Gasteiger partial charge in [-0.25, -0.2) is 0 Å². The third-order valence-corrected chi connectivity index (χ3v) is 5.57. The van der Waals surface area contributed by atoms with Gasteiger partial charge in [-0.05, 0) is 69.2 Å². The van der Waals surface area contributed by atoms with Gasteiger partial charge < -0.3 is 10.1 Å². The van der Waals surface area contributed by atoms with E-state index in [0.29, 0.717) is 6.04 Å². The molecule has 1 heterocycles. The van der Waals surface area contributed by atoms with Gasteiger partial charge in [0.15, 0.2) is 0 Å². The Morgan fingerprint density at radius 2 is 2.30 bits per heavy atom. The number of likely N-dealkylation sites (N-methyl/N-ethyl adjacent to an activating group) is 1. The summed E-state index contributed by atoms with van der Waals surface area (Å²) in [5.41, 5.74) is 1.66. The van der Waals surface area contributed by atoms with E-state index in [1.54, 1.807) is 0 Å². The highest BCUT2D eigenvalue weighted by atomic mass is 79.9. The molecule has 3 rings (SSSR count). The summed E-state index contributed by atoms with van der Waals surface area (Å²) in [7, 11) is 2.10. The quantitative estimate of drug-likeness (QED) is 0.898.